The number of benzene rings is 11. The Labute approximate surface area is 501 Å². The van der Waals surface area contributed by atoms with E-state index in [1.165, 1.54) is 101 Å². The quantitative estimate of drug-likeness (QED) is 0.166. The second kappa shape index (κ2) is 18.4. The molecule has 11 aromatic carbocycles. The van der Waals surface area contributed by atoms with Crippen LogP contribution in [-0.2, 0) is 21.7 Å². The fraction of sp³-hybridized carbons (Fsp3) is 0.214. The largest absolute Gasteiger partial charge is 0.310 e. The molecule has 7 aliphatic rings. The molecule has 410 valence electrons. The minimum atomic E-state index is -0.268. The first kappa shape index (κ1) is 49.6. The second-order valence-corrected chi connectivity index (χ2v) is 27.2. The maximum Gasteiger partial charge on any atom is 0.0505 e. The summed E-state index contributed by atoms with van der Waals surface area (Å²) in [5, 5.41) is 0. The molecule has 0 heterocycles. The Balaban J connectivity index is 0.952. The van der Waals surface area contributed by atoms with Crippen molar-refractivity contribution < 1.29 is 0 Å². The first-order valence-electron chi connectivity index (χ1n) is 31.7. The number of anilines is 3. The third-order valence-corrected chi connectivity index (χ3v) is 23.0. The Morgan fingerprint density at radius 1 is 0.306 bits per heavy atom. The molecule has 11 aromatic rings. The molecule has 3 fully saturated rings. The van der Waals surface area contributed by atoms with Crippen LogP contribution in [0, 0.1) is 5.92 Å². The fourth-order valence-corrected chi connectivity index (χ4v) is 20.1. The Morgan fingerprint density at radius 3 is 1.40 bits per heavy atom. The summed E-state index contributed by atoms with van der Waals surface area (Å²) in [4.78, 5) is 2.76. The average Bonchev–Trinajstić information content (AvgIpc) is 1.65. The van der Waals surface area contributed by atoms with E-state index in [4.69, 9.17) is 0 Å². The zero-order chi connectivity index (χ0) is 56.2. The van der Waals surface area contributed by atoms with Gasteiger partial charge in [0.25, 0.3) is 0 Å². The molecular formula is C84H69N. The lowest BCUT2D eigenvalue weighted by molar-refractivity contribution is 0.00273. The van der Waals surface area contributed by atoms with Crippen LogP contribution in [-0.4, -0.2) is 0 Å². The van der Waals surface area contributed by atoms with Gasteiger partial charge >= 0.3 is 0 Å². The van der Waals surface area contributed by atoms with E-state index in [0.717, 1.165) is 44.9 Å². The van der Waals surface area contributed by atoms with Crippen LogP contribution in [0.4, 0.5) is 17.1 Å². The maximum absolute atomic E-state index is 2.76. The van der Waals surface area contributed by atoms with E-state index < -0.39 is 0 Å². The standard InChI is InChI=1S/C84H69N/c1-81(2)76-48-57(55-23-7-4-8-24-55)39-41-71(76)72-42-40-62(49-77(72)81)85(61-26-19-25-56(47-61)54-21-5-3-6-22-54)78-38-20-35-73-68-32-14-11-29-65(68)60-52-83(79(73)78)46-44-58-50-82(74-36-17-15-33-69(74)66-30-12-9-27-63(58)66)45-43-59-51-84(53-60,80(82)83)75-37-18-16-34-70(75)67-31-13-10-28-64(59)67/h3-42,47-49,58-60,80H,43-46,50-53H2,1-2H3. The molecule has 0 saturated heterocycles. The van der Waals surface area contributed by atoms with Gasteiger partial charge in [-0.25, -0.2) is 0 Å². The van der Waals surface area contributed by atoms with Gasteiger partial charge in [0.05, 0.1) is 5.69 Å². The molecule has 0 aromatic heterocycles. The summed E-state index contributed by atoms with van der Waals surface area (Å²) in [5.74, 6) is 1.44. The third kappa shape index (κ3) is 6.99. The van der Waals surface area contributed by atoms with E-state index >= 15 is 0 Å². The molecule has 3 saturated carbocycles. The van der Waals surface area contributed by atoms with Crippen molar-refractivity contribution in [2.75, 3.05) is 4.90 Å². The van der Waals surface area contributed by atoms with Gasteiger partial charge in [0, 0.05) is 33.0 Å². The average molecular weight is 1090 g/mol. The Kier molecular flexibility index (Phi) is 10.7. The highest BCUT2D eigenvalue weighted by Gasteiger charge is 2.70. The van der Waals surface area contributed by atoms with Gasteiger partial charge in [0.15, 0.2) is 0 Å². The molecule has 3 spiro atoms. The van der Waals surface area contributed by atoms with Gasteiger partial charge in [0.2, 0.25) is 0 Å². The van der Waals surface area contributed by atoms with E-state index in [-0.39, 0.29) is 27.6 Å². The zero-order valence-electron chi connectivity index (χ0n) is 48.7. The van der Waals surface area contributed by atoms with Crippen molar-refractivity contribution in [3.8, 4) is 66.8 Å². The molecule has 1 nitrogen and oxygen atoms in total. The van der Waals surface area contributed by atoms with Crippen LogP contribution >= 0.6 is 0 Å². The molecule has 7 unspecified atom stereocenters. The van der Waals surface area contributed by atoms with Gasteiger partial charge in [-0.1, -0.05) is 238 Å². The predicted octanol–water partition coefficient (Wildman–Crippen LogP) is 22.0. The SMILES string of the molecule is CC1(C)c2cc(-c3ccccc3)ccc2-c2ccc(N(c3cccc(-c4ccccc4)c3)c3cccc4c3C35CCC6CC7(CCC8CC(CC(C3)c3ccccc3-4)(c3ccccc3-c3ccccc38)C75)c3ccccc3-c3ccccc36)cc21. The van der Waals surface area contributed by atoms with E-state index in [0.29, 0.717) is 17.8 Å². The third-order valence-electron chi connectivity index (χ3n) is 23.0. The van der Waals surface area contributed by atoms with Crippen LogP contribution < -0.4 is 4.90 Å². The Bertz CT molecular complexity index is 4530. The lowest BCUT2D eigenvalue weighted by Crippen LogP contribution is -2.60. The Hall–Kier alpha value is -8.78. The van der Waals surface area contributed by atoms with Gasteiger partial charge < -0.3 is 4.90 Å². The number of rotatable bonds is 5. The molecule has 85 heavy (non-hydrogen) atoms. The van der Waals surface area contributed by atoms with E-state index in [2.05, 4.69) is 280 Å². The molecule has 0 aliphatic heterocycles. The first-order chi connectivity index (χ1) is 41.8. The van der Waals surface area contributed by atoms with Crippen LogP contribution in [0.2, 0.25) is 0 Å². The van der Waals surface area contributed by atoms with Crippen molar-refractivity contribution in [3.63, 3.8) is 0 Å². The maximum atomic E-state index is 2.76. The van der Waals surface area contributed by atoms with Crippen LogP contribution in [0.1, 0.15) is 127 Å². The molecule has 0 amide bonds. The van der Waals surface area contributed by atoms with E-state index in [1.54, 1.807) is 33.4 Å². The topological polar surface area (TPSA) is 3.24 Å². The number of fused-ring (bicyclic) bond motifs is 18. The normalized spacial score (nSPS) is 24.4. The highest BCUT2D eigenvalue weighted by atomic mass is 15.1. The van der Waals surface area contributed by atoms with Gasteiger partial charge in [0.1, 0.15) is 0 Å². The summed E-state index contributed by atoms with van der Waals surface area (Å²) < 4.78 is 0. The summed E-state index contributed by atoms with van der Waals surface area (Å²) in [6, 6.07) is 103. The lowest BCUT2D eigenvalue weighted by atomic mass is 9.40. The van der Waals surface area contributed by atoms with Crippen molar-refractivity contribution in [2.45, 2.75) is 105 Å². The minimum Gasteiger partial charge on any atom is -0.310 e. The summed E-state index contributed by atoms with van der Waals surface area (Å²) in [6.45, 7) is 4.93. The van der Waals surface area contributed by atoms with Crippen LogP contribution in [0.15, 0.2) is 261 Å². The minimum absolute atomic E-state index is 0.156. The van der Waals surface area contributed by atoms with Crippen molar-refractivity contribution in [1.82, 2.24) is 0 Å². The van der Waals surface area contributed by atoms with Crippen molar-refractivity contribution >= 4 is 17.1 Å². The molecule has 0 radical (unpaired) electrons. The highest BCUT2D eigenvalue weighted by Crippen LogP contribution is 2.77. The smallest absolute Gasteiger partial charge is 0.0505 e. The van der Waals surface area contributed by atoms with Crippen LogP contribution in [0.3, 0.4) is 0 Å². The second-order valence-electron chi connectivity index (χ2n) is 27.2. The fourth-order valence-electron chi connectivity index (χ4n) is 20.1. The summed E-state index contributed by atoms with van der Waals surface area (Å²) in [5.41, 5.74) is 31.5. The molecule has 7 atom stereocenters. The van der Waals surface area contributed by atoms with Gasteiger partial charge in [-0.05, 0) is 223 Å². The molecule has 7 aliphatic carbocycles. The summed E-state index contributed by atoms with van der Waals surface area (Å²) in [6.07, 6.45) is 9.16. The monoisotopic (exact) mass is 1090 g/mol. The van der Waals surface area contributed by atoms with Crippen molar-refractivity contribution in [3.05, 3.63) is 305 Å². The first-order valence-corrected chi connectivity index (χ1v) is 31.7. The number of hydrogen-bond acceptors (Lipinski definition) is 1. The van der Waals surface area contributed by atoms with Crippen LogP contribution in [0.5, 0.6) is 0 Å². The predicted molar refractivity (Wildman–Crippen MR) is 352 cm³/mol. The number of hydrogen-bond donors (Lipinski definition) is 0. The summed E-state index contributed by atoms with van der Waals surface area (Å²) >= 11 is 0. The highest BCUT2D eigenvalue weighted by molar-refractivity contribution is 5.92. The molecule has 6 bridgehead atoms. The molecule has 18 rings (SSSR count). The van der Waals surface area contributed by atoms with Gasteiger partial charge in [-0.3, -0.25) is 0 Å². The van der Waals surface area contributed by atoms with E-state index in [1.807, 2.05) is 0 Å². The van der Waals surface area contributed by atoms with Gasteiger partial charge in [-0.2, -0.15) is 0 Å². The Morgan fingerprint density at radius 2 is 0.741 bits per heavy atom. The van der Waals surface area contributed by atoms with E-state index in [9.17, 15) is 0 Å². The zero-order valence-corrected chi connectivity index (χ0v) is 48.7. The van der Waals surface area contributed by atoms with Crippen molar-refractivity contribution in [2.24, 2.45) is 5.92 Å². The van der Waals surface area contributed by atoms with Crippen LogP contribution in [0.25, 0.3) is 66.8 Å². The lowest BCUT2D eigenvalue weighted by Gasteiger charge is -2.63. The van der Waals surface area contributed by atoms with Gasteiger partial charge in [-0.15, -0.1) is 0 Å². The summed E-state index contributed by atoms with van der Waals surface area (Å²) in [7, 11) is 0. The van der Waals surface area contributed by atoms with Crippen molar-refractivity contribution in [1.29, 1.82) is 0 Å². The number of nitrogens with zero attached hydrogens (tertiary/aromatic N) is 1. The molecule has 1 heteroatoms. The molecular weight excluding hydrogens is 1020 g/mol. The molecule has 0 N–H and O–H groups in total.